The van der Waals surface area contributed by atoms with Crippen LogP contribution >= 0.6 is 15.9 Å². The van der Waals surface area contributed by atoms with E-state index in [0.717, 1.165) is 5.56 Å². The minimum absolute atomic E-state index is 0.216. The molecule has 0 aromatic heterocycles. The summed E-state index contributed by atoms with van der Waals surface area (Å²) in [6.07, 6.45) is 0.278. The SMILES string of the molecule is N#CCc1ccc(C(=O)O)cc1Br. The molecule has 1 rings (SSSR count). The van der Waals surface area contributed by atoms with Crippen molar-refractivity contribution in [1.82, 2.24) is 0 Å². The first-order valence-corrected chi connectivity index (χ1v) is 4.33. The highest BCUT2D eigenvalue weighted by molar-refractivity contribution is 9.10. The van der Waals surface area contributed by atoms with Crippen LogP contribution in [0.5, 0.6) is 0 Å². The lowest BCUT2D eigenvalue weighted by molar-refractivity contribution is 0.0697. The van der Waals surface area contributed by atoms with Gasteiger partial charge >= 0.3 is 5.97 Å². The van der Waals surface area contributed by atoms with Gasteiger partial charge in [-0.15, -0.1) is 0 Å². The maximum absolute atomic E-state index is 10.5. The van der Waals surface area contributed by atoms with E-state index in [9.17, 15) is 4.79 Å². The van der Waals surface area contributed by atoms with Crippen LogP contribution in [-0.2, 0) is 6.42 Å². The highest BCUT2D eigenvalue weighted by Crippen LogP contribution is 2.18. The van der Waals surface area contributed by atoms with Crippen LogP contribution in [0, 0.1) is 11.3 Å². The van der Waals surface area contributed by atoms with E-state index >= 15 is 0 Å². The molecule has 0 aliphatic carbocycles. The molecule has 1 N–H and O–H groups in total. The first-order valence-electron chi connectivity index (χ1n) is 3.54. The minimum Gasteiger partial charge on any atom is -0.478 e. The van der Waals surface area contributed by atoms with Crippen LogP contribution in [-0.4, -0.2) is 11.1 Å². The molecule has 0 radical (unpaired) electrons. The van der Waals surface area contributed by atoms with E-state index in [4.69, 9.17) is 10.4 Å². The van der Waals surface area contributed by atoms with Crippen LogP contribution < -0.4 is 0 Å². The van der Waals surface area contributed by atoms with Gasteiger partial charge < -0.3 is 5.11 Å². The second kappa shape index (κ2) is 4.06. The van der Waals surface area contributed by atoms with Gasteiger partial charge in [0.1, 0.15) is 0 Å². The van der Waals surface area contributed by atoms with Crippen molar-refractivity contribution in [2.45, 2.75) is 6.42 Å². The molecular formula is C9H6BrNO2. The number of carboxylic acids is 1. The molecular weight excluding hydrogens is 234 g/mol. The standard InChI is InChI=1S/C9H6BrNO2/c10-8-5-7(9(12)13)2-1-6(8)3-4-11/h1-2,5H,3H2,(H,12,13). The molecule has 0 spiro atoms. The predicted octanol–water partition coefficient (Wildman–Crippen LogP) is 2.21. The fourth-order valence-corrected chi connectivity index (χ4v) is 1.43. The number of aromatic carboxylic acids is 1. The Balaban J connectivity index is 3.07. The highest BCUT2D eigenvalue weighted by atomic mass is 79.9. The van der Waals surface area contributed by atoms with Crippen molar-refractivity contribution in [2.24, 2.45) is 0 Å². The Morgan fingerprint density at radius 2 is 2.31 bits per heavy atom. The molecule has 0 heterocycles. The van der Waals surface area contributed by atoms with E-state index in [1.165, 1.54) is 12.1 Å². The van der Waals surface area contributed by atoms with Gasteiger partial charge in [0.2, 0.25) is 0 Å². The molecule has 0 atom stereocenters. The number of carbonyl (C=O) groups is 1. The smallest absolute Gasteiger partial charge is 0.335 e. The Morgan fingerprint density at radius 3 is 2.77 bits per heavy atom. The Bertz CT molecular complexity index is 382. The summed E-state index contributed by atoms with van der Waals surface area (Å²) in [5.41, 5.74) is 1.01. The summed E-state index contributed by atoms with van der Waals surface area (Å²) in [6.45, 7) is 0. The van der Waals surface area contributed by atoms with Crippen molar-refractivity contribution >= 4 is 21.9 Å². The van der Waals surface area contributed by atoms with Crippen LogP contribution in [0.3, 0.4) is 0 Å². The van der Waals surface area contributed by atoms with Gasteiger partial charge in [-0.25, -0.2) is 4.79 Å². The van der Waals surface area contributed by atoms with Gasteiger partial charge in [-0.05, 0) is 17.7 Å². The summed E-state index contributed by atoms with van der Waals surface area (Å²) in [4.78, 5) is 10.5. The zero-order chi connectivity index (χ0) is 9.84. The van der Waals surface area contributed by atoms with Crippen molar-refractivity contribution in [3.8, 4) is 6.07 Å². The van der Waals surface area contributed by atoms with E-state index in [0.29, 0.717) is 4.47 Å². The van der Waals surface area contributed by atoms with E-state index in [2.05, 4.69) is 15.9 Å². The molecule has 0 aliphatic heterocycles. The third kappa shape index (κ3) is 2.30. The molecule has 3 nitrogen and oxygen atoms in total. The summed E-state index contributed by atoms with van der Waals surface area (Å²) < 4.78 is 0.661. The van der Waals surface area contributed by atoms with Gasteiger partial charge in [0.25, 0.3) is 0 Å². The lowest BCUT2D eigenvalue weighted by atomic mass is 10.1. The Hall–Kier alpha value is -1.34. The van der Waals surface area contributed by atoms with Gasteiger partial charge in [-0.1, -0.05) is 22.0 Å². The fraction of sp³-hybridized carbons (Fsp3) is 0.111. The molecule has 0 amide bonds. The molecule has 0 saturated heterocycles. The zero-order valence-electron chi connectivity index (χ0n) is 6.62. The van der Waals surface area contributed by atoms with E-state index in [1.807, 2.05) is 6.07 Å². The number of nitrogens with zero attached hydrogens (tertiary/aromatic N) is 1. The van der Waals surface area contributed by atoms with E-state index in [1.54, 1.807) is 6.07 Å². The maximum atomic E-state index is 10.5. The Labute approximate surface area is 83.7 Å². The lowest BCUT2D eigenvalue weighted by Gasteiger charge is -2.00. The van der Waals surface area contributed by atoms with Crippen molar-refractivity contribution < 1.29 is 9.90 Å². The average molecular weight is 240 g/mol. The van der Waals surface area contributed by atoms with Gasteiger partial charge in [0.15, 0.2) is 0 Å². The number of hydrogen-bond donors (Lipinski definition) is 1. The molecule has 0 fully saturated rings. The summed E-state index contributed by atoms with van der Waals surface area (Å²) in [7, 11) is 0. The van der Waals surface area contributed by atoms with Gasteiger partial charge in [-0.2, -0.15) is 5.26 Å². The second-order valence-electron chi connectivity index (χ2n) is 2.45. The minimum atomic E-state index is -0.968. The molecule has 4 heteroatoms. The van der Waals surface area contributed by atoms with Crippen molar-refractivity contribution in [3.05, 3.63) is 33.8 Å². The highest BCUT2D eigenvalue weighted by Gasteiger charge is 2.05. The van der Waals surface area contributed by atoms with Crippen molar-refractivity contribution in [2.75, 3.05) is 0 Å². The van der Waals surface area contributed by atoms with E-state index in [-0.39, 0.29) is 12.0 Å². The maximum Gasteiger partial charge on any atom is 0.335 e. The van der Waals surface area contributed by atoms with Crippen molar-refractivity contribution in [1.29, 1.82) is 5.26 Å². The number of nitriles is 1. The average Bonchev–Trinajstić information content (AvgIpc) is 2.08. The number of hydrogen-bond acceptors (Lipinski definition) is 2. The number of carboxylic acid groups (broad SMARTS) is 1. The third-order valence-corrected chi connectivity index (χ3v) is 2.31. The summed E-state index contributed by atoms with van der Waals surface area (Å²) in [5, 5.41) is 17.1. The predicted molar refractivity (Wildman–Crippen MR) is 50.4 cm³/mol. The molecule has 0 aliphatic rings. The molecule has 1 aromatic carbocycles. The quantitative estimate of drug-likeness (QED) is 0.861. The summed E-state index contributed by atoms with van der Waals surface area (Å²) >= 11 is 3.20. The zero-order valence-corrected chi connectivity index (χ0v) is 8.21. The van der Waals surface area contributed by atoms with Gasteiger partial charge in [-0.3, -0.25) is 0 Å². The normalized spacial score (nSPS) is 9.23. The Kier molecular flexibility index (Phi) is 3.04. The first kappa shape index (κ1) is 9.75. The fourth-order valence-electron chi connectivity index (χ4n) is 0.909. The lowest BCUT2D eigenvalue weighted by Crippen LogP contribution is -1.96. The number of rotatable bonds is 2. The Morgan fingerprint density at radius 1 is 1.62 bits per heavy atom. The largest absolute Gasteiger partial charge is 0.478 e. The molecule has 66 valence electrons. The molecule has 0 bridgehead atoms. The van der Waals surface area contributed by atoms with Crippen LogP contribution in [0.15, 0.2) is 22.7 Å². The molecule has 0 saturated carbocycles. The summed E-state index contributed by atoms with van der Waals surface area (Å²) in [5.74, 6) is -0.968. The van der Waals surface area contributed by atoms with Crippen LogP contribution in [0.25, 0.3) is 0 Å². The van der Waals surface area contributed by atoms with Gasteiger partial charge in [0.05, 0.1) is 18.1 Å². The van der Waals surface area contributed by atoms with E-state index < -0.39 is 5.97 Å². The molecule has 13 heavy (non-hydrogen) atoms. The van der Waals surface area contributed by atoms with Crippen molar-refractivity contribution in [3.63, 3.8) is 0 Å². The van der Waals surface area contributed by atoms with Gasteiger partial charge in [0, 0.05) is 4.47 Å². The van der Waals surface area contributed by atoms with Crippen LogP contribution in [0.4, 0.5) is 0 Å². The number of benzene rings is 1. The topological polar surface area (TPSA) is 61.1 Å². The second-order valence-corrected chi connectivity index (χ2v) is 3.30. The van der Waals surface area contributed by atoms with Crippen LogP contribution in [0.1, 0.15) is 15.9 Å². The molecule has 1 aromatic rings. The van der Waals surface area contributed by atoms with Crippen LogP contribution in [0.2, 0.25) is 0 Å². The molecule has 0 unspecified atom stereocenters. The monoisotopic (exact) mass is 239 g/mol. The summed E-state index contributed by atoms with van der Waals surface area (Å²) in [6, 6.07) is 6.61. The number of halogens is 1. The third-order valence-electron chi connectivity index (χ3n) is 1.57. The first-order chi connectivity index (χ1) is 6.15.